The van der Waals surface area contributed by atoms with Crippen molar-refractivity contribution in [3.8, 4) is 5.75 Å². The maximum absolute atomic E-state index is 12.5. The van der Waals surface area contributed by atoms with E-state index in [1.165, 1.54) is 7.11 Å². The lowest BCUT2D eigenvalue weighted by molar-refractivity contribution is -0.154. The van der Waals surface area contributed by atoms with Crippen LogP contribution in [0.5, 0.6) is 5.75 Å². The molecular formula is C23H27NO6. The van der Waals surface area contributed by atoms with Crippen LogP contribution in [0.15, 0.2) is 36.4 Å². The summed E-state index contributed by atoms with van der Waals surface area (Å²) in [6, 6.07) is 11.5. The molecule has 7 heteroatoms. The van der Waals surface area contributed by atoms with Gasteiger partial charge in [-0.15, -0.1) is 0 Å². The molecular weight excluding hydrogens is 386 g/mol. The summed E-state index contributed by atoms with van der Waals surface area (Å²) in [6.07, 6.45) is 1.12. The monoisotopic (exact) mass is 413 g/mol. The average molecular weight is 413 g/mol. The van der Waals surface area contributed by atoms with E-state index in [-0.39, 0.29) is 24.4 Å². The summed E-state index contributed by atoms with van der Waals surface area (Å²) in [5, 5.41) is 2.02. The van der Waals surface area contributed by atoms with Crippen LogP contribution < -0.4 is 4.74 Å². The predicted molar refractivity (Wildman–Crippen MR) is 111 cm³/mol. The fourth-order valence-electron chi connectivity index (χ4n) is 3.66. The maximum atomic E-state index is 12.5. The third-order valence-electron chi connectivity index (χ3n) is 5.65. The quantitative estimate of drug-likeness (QED) is 0.678. The molecule has 1 fully saturated rings. The fraction of sp³-hybridized carbons (Fsp3) is 0.435. The van der Waals surface area contributed by atoms with Crippen molar-refractivity contribution in [2.75, 3.05) is 33.9 Å². The molecule has 0 spiro atoms. The van der Waals surface area contributed by atoms with Crippen LogP contribution in [-0.4, -0.2) is 56.7 Å². The number of hydrogen-bond donors (Lipinski definition) is 0. The highest BCUT2D eigenvalue weighted by atomic mass is 16.5. The van der Waals surface area contributed by atoms with E-state index in [1.807, 2.05) is 36.4 Å². The zero-order valence-corrected chi connectivity index (χ0v) is 17.6. The van der Waals surface area contributed by atoms with Crippen LogP contribution in [0, 0.1) is 5.92 Å². The molecule has 0 unspecified atom stereocenters. The Morgan fingerprint density at radius 2 is 1.70 bits per heavy atom. The second-order valence-electron chi connectivity index (χ2n) is 7.48. The summed E-state index contributed by atoms with van der Waals surface area (Å²) in [5.41, 5.74) is 0.823. The number of esters is 2. The normalized spacial score (nSPS) is 15.5. The lowest BCUT2D eigenvalue weighted by atomic mass is 9.97. The lowest BCUT2D eigenvalue weighted by Gasteiger charge is -2.30. The second-order valence-corrected chi connectivity index (χ2v) is 7.48. The summed E-state index contributed by atoms with van der Waals surface area (Å²) in [4.78, 5) is 38.0. The molecule has 1 atom stereocenters. The first-order chi connectivity index (χ1) is 14.4. The first kappa shape index (κ1) is 21.6. The smallest absolute Gasteiger partial charge is 0.313 e. The van der Waals surface area contributed by atoms with Crippen molar-refractivity contribution in [3.63, 3.8) is 0 Å². The van der Waals surface area contributed by atoms with Gasteiger partial charge in [0.05, 0.1) is 26.1 Å². The van der Waals surface area contributed by atoms with Gasteiger partial charge in [0, 0.05) is 13.1 Å². The van der Waals surface area contributed by atoms with Crippen LogP contribution in [0.2, 0.25) is 0 Å². The molecule has 2 aromatic carbocycles. The minimum Gasteiger partial charge on any atom is -0.497 e. The molecule has 7 nitrogen and oxygen atoms in total. The third-order valence-corrected chi connectivity index (χ3v) is 5.65. The van der Waals surface area contributed by atoms with Gasteiger partial charge in [-0.3, -0.25) is 14.4 Å². The lowest BCUT2D eigenvalue weighted by Crippen LogP contribution is -2.42. The Hall–Kier alpha value is -3.09. The first-order valence-electron chi connectivity index (χ1n) is 10.0. The van der Waals surface area contributed by atoms with E-state index in [9.17, 15) is 14.4 Å². The van der Waals surface area contributed by atoms with Crippen molar-refractivity contribution >= 4 is 28.6 Å². The summed E-state index contributed by atoms with van der Waals surface area (Å²) in [6.45, 7) is 2.38. The number of carbonyl (C=O) groups is 3. The van der Waals surface area contributed by atoms with E-state index in [4.69, 9.17) is 14.2 Å². The van der Waals surface area contributed by atoms with Gasteiger partial charge in [-0.2, -0.15) is 0 Å². The van der Waals surface area contributed by atoms with Gasteiger partial charge in [0.2, 0.25) is 0 Å². The number of amides is 1. The van der Waals surface area contributed by atoms with Crippen molar-refractivity contribution in [2.24, 2.45) is 5.92 Å². The van der Waals surface area contributed by atoms with Crippen molar-refractivity contribution in [1.82, 2.24) is 4.90 Å². The molecule has 3 rings (SSSR count). The minimum atomic E-state index is -0.491. The van der Waals surface area contributed by atoms with Crippen molar-refractivity contribution in [1.29, 1.82) is 0 Å². The van der Waals surface area contributed by atoms with Gasteiger partial charge in [-0.25, -0.2) is 0 Å². The molecule has 30 heavy (non-hydrogen) atoms. The van der Waals surface area contributed by atoms with E-state index in [2.05, 4.69) is 0 Å². The molecule has 0 bridgehead atoms. The van der Waals surface area contributed by atoms with Crippen LogP contribution >= 0.6 is 0 Å². The second kappa shape index (κ2) is 9.61. The molecule has 1 saturated heterocycles. The zero-order valence-electron chi connectivity index (χ0n) is 17.6. The molecule has 2 aromatic rings. The largest absolute Gasteiger partial charge is 0.497 e. The molecule has 0 aromatic heterocycles. The highest BCUT2D eigenvalue weighted by molar-refractivity contribution is 5.87. The summed E-state index contributed by atoms with van der Waals surface area (Å²) in [5.74, 6) is -0.818. The average Bonchev–Trinajstić information content (AvgIpc) is 2.80. The highest BCUT2D eigenvalue weighted by Gasteiger charge is 2.28. The van der Waals surface area contributed by atoms with E-state index in [1.54, 1.807) is 18.9 Å². The Bertz CT molecular complexity index is 932. The number of piperidine rings is 1. The van der Waals surface area contributed by atoms with Gasteiger partial charge in [0.25, 0.3) is 5.91 Å². The van der Waals surface area contributed by atoms with Crippen molar-refractivity contribution in [2.45, 2.75) is 25.7 Å². The van der Waals surface area contributed by atoms with E-state index < -0.39 is 11.9 Å². The Balaban J connectivity index is 1.54. The molecule has 0 N–H and O–H groups in total. The van der Waals surface area contributed by atoms with Gasteiger partial charge in [0.1, 0.15) is 5.75 Å². The summed E-state index contributed by atoms with van der Waals surface area (Å²) < 4.78 is 15.3. The minimum absolute atomic E-state index is 0.172. The van der Waals surface area contributed by atoms with Gasteiger partial charge in [0.15, 0.2) is 6.61 Å². The van der Waals surface area contributed by atoms with Gasteiger partial charge in [-0.1, -0.05) is 24.3 Å². The number of likely N-dealkylation sites (tertiary alicyclic amines) is 1. The number of benzene rings is 2. The van der Waals surface area contributed by atoms with Crippen LogP contribution in [0.1, 0.15) is 31.2 Å². The SMILES string of the molecule is COC(=O)C1CCN(C(=O)COC(=O)[C@@H](C)c2ccc3cc(OC)ccc3c2)CC1. The van der Waals surface area contributed by atoms with Gasteiger partial charge < -0.3 is 19.1 Å². The number of carbonyl (C=O) groups excluding carboxylic acids is 3. The van der Waals surface area contributed by atoms with E-state index in [0.717, 1.165) is 22.1 Å². The molecule has 1 aliphatic rings. The van der Waals surface area contributed by atoms with Gasteiger partial charge in [-0.05, 0) is 48.2 Å². The summed E-state index contributed by atoms with van der Waals surface area (Å²) >= 11 is 0. The van der Waals surface area contributed by atoms with Crippen LogP contribution in [-0.2, 0) is 23.9 Å². The van der Waals surface area contributed by atoms with Crippen LogP contribution in [0.4, 0.5) is 0 Å². The van der Waals surface area contributed by atoms with E-state index in [0.29, 0.717) is 25.9 Å². The number of hydrogen-bond acceptors (Lipinski definition) is 6. The van der Waals surface area contributed by atoms with Gasteiger partial charge >= 0.3 is 11.9 Å². The Labute approximate surface area is 175 Å². The fourth-order valence-corrected chi connectivity index (χ4v) is 3.66. The molecule has 1 heterocycles. The molecule has 0 saturated carbocycles. The third kappa shape index (κ3) is 4.90. The van der Waals surface area contributed by atoms with E-state index >= 15 is 0 Å². The predicted octanol–water partition coefficient (Wildman–Crippen LogP) is 2.91. The number of rotatable bonds is 6. The van der Waals surface area contributed by atoms with Crippen molar-refractivity contribution in [3.05, 3.63) is 42.0 Å². The molecule has 0 radical (unpaired) electrons. The number of nitrogens with zero attached hydrogens (tertiary/aromatic N) is 1. The standard InChI is InChI=1S/C23H27NO6/c1-15(17-4-5-19-13-20(28-2)7-6-18(19)12-17)22(26)30-14-21(25)24-10-8-16(9-11-24)23(27)29-3/h4-7,12-13,15-16H,8-11,14H2,1-3H3/t15-/m0/s1. The Kier molecular flexibility index (Phi) is 6.92. The van der Waals surface area contributed by atoms with Crippen LogP contribution in [0.25, 0.3) is 10.8 Å². The molecule has 0 aliphatic carbocycles. The number of methoxy groups -OCH3 is 2. The number of fused-ring (bicyclic) bond motifs is 1. The van der Waals surface area contributed by atoms with Crippen molar-refractivity contribution < 1.29 is 28.6 Å². The Morgan fingerprint density at radius 3 is 2.37 bits per heavy atom. The zero-order chi connectivity index (χ0) is 21.7. The first-order valence-corrected chi connectivity index (χ1v) is 10.0. The topological polar surface area (TPSA) is 82.1 Å². The molecule has 1 aliphatic heterocycles. The molecule has 160 valence electrons. The Morgan fingerprint density at radius 1 is 1.03 bits per heavy atom. The van der Waals surface area contributed by atoms with Crippen LogP contribution in [0.3, 0.4) is 0 Å². The number of ether oxygens (including phenoxy) is 3. The highest BCUT2D eigenvalue weighted by Crippen LogP contribution is 2.26. The maximum Gasteiger partial charge on any atom is 0.313 e. The summed E-state index contributed by atoms with van der Waals surface area (Å²) in [7, 11) is 2.99. The molecule has 1 amide bonds.